The summed E-state index contributed by atoms with van der Waals surface area (Å²) in [6.07, 6.45) is 1.74. The Hall–Kier alpha value is -2.32. The number of hydrogen-bond acceptors (Lipinski definition) is 4. The molecule has 1 N–H and O–H groups in total. The molecule has 80 valence electrons. The highest BCUT2D eigenvalue weighted by atomic mass is 16.4. The van der Waals surface area contributed by atoms with E-state index >= 15 is 0 Å². The first-order valence-corrected chi connectivity index (χ1v) is 4.87. The predicted octanol–water partition coefficient (Wildman–Crippen LogP) is 2.49. The number of nitrogens with one attached hydrogen (secondary N) is 1. The molecular formula is C12H11N3O. The summed E-state index contributed by atoms with van der Waals surface area (Å²) in [5, 5.41) is 10.7. The van der Waals surface area contributed by atoms with Crippen molar-refractivity contribution in [3.05, 3.63) is 48.7 Å². The van der Waals surface area contributed by atoms with Crippen LogP contribution < -0.4 is 5.32 Å². The van der Waals surface area contributed by atoms with E-state index < -0.39 is 0 Å². The van der Waals surface area contributed by atoms with Crippen molar-refractivity contribution in [2.45, 2.75) is 0 Å². The molecule has 0 fully saturated rings. The first-order valence-electron chi connectivity index (χ1n) is 4.87. The highest BCUT2D eigenvalue weighted by Crippen LogP contribution is 2.18. The van der Waals surface area contributed by atoms with Crippen molar-refractivity contribution in [3.8, 4) is 11.5 Å². The fraction of sp³-hybridized carbons (Fsp3) is 0.0833. The molecule has 0 unspecified atom stereocenters. The summed E-state index contributed by atoms with van der Waals surface area (Å²) in [4.78, 5) is 0. The molecule has 0 radical (unpaired) electrons. The van der Waals surface area contributed by atoms with Crippen molar-refractivity contribution in [2.24, 2.45) is 0 Å². The van der Waals surface area contributed by atoms with Crippen LogP contribution in [0.2, 0.25) is 0 Å². The van der Waals surface area contributed by atoms with Crippen LogP contribution in [0, 0.1) is 0 Å². The molecule has 0 bridgehead atoms. The van der Waals surface area contributed by atoms with Gasteiger partial charge in [-0.05, 0) is 18.2 Å². The molecule has 4 nitrogen and oxygen atoms in total. The number of nitrogens with zero attached hydrogens (tertiary/aromatic N) is 2. The molecule has 0 aliphatic heterocycles. The van der Waals surface area contributed by atoms with E-state index in [-0.39, 0.29) is 0 Å². The molecule has 0 aliphatic rings. The second kappa shape index (κ2) is 4.96. The zero-order valence-corrected chi connectivity index (χ0v) is 8.68. The summed E-state index contributed by atoms with van der Waals surface area (Å²) in [6.45, 7) is 4.03. The minimum absolute atomic E-state index is 0.394. The van der Waals surface area contributed by atoms with Crippen molar-refractivity contribution < 1.29 is 4.42 Å². The molecule has 0 atom stereocenters. The summed E-state index contributed by atoms with van der Waals surface area (Å²) < 4.78 is 5.41. The van der Waals surface area contributed by atoms with Gasteiger partial charge in [0.05, 0.1) is 0 Å². The van der Waals surface area contributed by atoms with Gasteiger partial charge in [-0.15, -0.1) is 10.8 Å². The molecular weight excluding hydrogens is 202 g/mol. The molecule has 0 saturated carbocycles. The highest BCUT2D eigenvalue weighted by molar-refractivity contribution is 5.52. The van der Waals surface area contributed by atoms with Crippen LogP contribution in [0.3, 0.4) is 0 Å². The Kier molecular flexibility index (Phi) is 3.16. The van der Waals surface area contributed by atoms with E-state index in [9.17, 15) is 0 Å². The van der Waals surface area contributed by atoms with Crippen LogP contribution in [0.4, 0.5) is 6.01 Å². The van der Waals surface area contributed by atoms with Crippen LogP contribution in [0.5, 0.6) is 0 Å². The molecule has 0 spiro atoms. The summed E-state index contributed by atoms with van der Waals surface area (Å²) in [7, 11) is 0. The maximum atomic E-state index is 5.41. The van der Waals surface area contributed by atoms with E-state index in [1.165, 1.54) is 0 Å². The summed E-state index contributed by atoms with van der Waals surface area (Å²) in [5.74, 6) is 0.505. The summed E-state index contributed by atoms with van der Waals surface area (Å²) >= 11 is 0. The Balaban J connectivity index is 2.11. The molecule has 1 heterocycles. The largest absolute Gasteiger partial charge is 0.403 e. The fourth-order valence-corrected chi connectivity index (χ4v) is 1.20. The normalized spacial score (nSPS) is 9.50. The maximum absolute atomic E-state index is 5.41. The second-order valence-corrected chi connectivity index (χ2v) is 3.07. The highest BCUT2D eigenvalue weighted by Gasteiger charge is 2.06. The van der Waals surface area contributed by atoms with Gasteiger partial charge in [-0.3, -0.25) is 0 Å². The Morgan fingerprint density at radius 3 is 2.88 bits per heavy atom. The van der Waals surface area contributed by atoms with Crippen molar-refractivity contribution in [2.75, 3.05) is 11.9 Å². The lowest BCUT2D eigenvalue weighted by atomic mass is 10.2. The van der Waals surface area contributed by atoms with Gasteiger partial charge in [-0.2, -0.15) is 0 Å². The number of rotatable bonds is 4. The van der Waals surface area contributed by atoms with Crippen molar-refractivity contribution in [3.63, 3.8) is 0 Å². The van der Waals surface area contributed by atoms with Gasteiger partial charge in [0.2, 0.25) is 5.89 Å². The second-order valence-electron chi connectivity index (χ2n) is 3.07. The van der Waals surface area contributed by atoms with E-state index in [4.69, 9.17) is 4.42 Å². The van der Waals surface area contributed by atoms with Crippen LogP contribution in [0.25, 0.3) is 11.5 Å². The number of benzene rings is 1. The topological polar surface area (TPSA) is 51.0 Å². The van der Waals surface area contributed by atoms with Gasteiger partial charge in [0.1, 0.15) is 0 Å². The van der Waals surface area contributed by atoms with Crippen LogP contribution >= 0.6 is 0 Å². The number of anilines is 1. The standard InChI is InChI=1S/C12H11N3O/c1-2-3-9-13-12-15-14-11(16-12)10-7-5-4-6-8-10/h3-8H,1,9H2,(H,13,15). The van der Waals surface area contributed by atoms with Gasteiger partial charge in [0, 0.05) is 12.1 Å². The van der Waals surface area contributed by atoms with Gasteiger partial charge >= 0.3 is 6.01 Å². The minimum atomic E-state index is 0.394. The number of hydrogen-bond donors (Lipinski definition) is 1. The van der Waals surface area contributed by atoms with Crippen LogP contribution in [-0.2, 0) is 0 Å². The molecule has 0 aliphatic carbocycles. The maximum Gasteiger partial charge on any atom is 0.316 e. The van der Waals surface area contributed by atoms with Crippen molar-refractivity contribution in [1.82, 2.24) is 10.2 Å². The van der Waals surface area contributed by atoms with E-state index in [0.29, 0.717) is 18.5 Å². The number of aromatic nitrogens is 2. The molecule has 2 rings (SSSR count). The zero-order valence-electron chi connectivity index (χ0n) is 8.68. The fourth-order valence-electron chi connectivity index (χ4n) is 1.20. The van der Waals surface area contributed by atoms with Gasteiger partial charge < -0.3 is 9.73 Å². The first-order chi connectivity index (χ1) is 7.90. The third-order valence-corrected chi connectivity index (χ3v) is 1.95. The Labute approximate surface area is 93.3 Å². The molecule has 16 heavy (non-hydrogen) atoms. The van der Waals surface area contributed by atoms with E-state index in [1.54, 1.807) is 6.08 Å². The monoisotopic (exact) mass is 213 g/mol. The van der Waals surface area contributed by atoms with Gasteiger partial charge in [-0.1, -0.05) is 29.9 Å². The Morgan fingerprint density at radius 2 is 2.12 bits per heavy atom. The van der Waals surface area contributed by atoms with Crippen molar-refractivity contribution in [1.29, 1.82) is 0 Å². The Morgan fingerprint density at radius 1 is 1.31 bits per heavy atom. The third-order valence-electron chi connectivity index (χ3n) is 1.95. The van der Waals surface area contributed by atoms with Crippen LogP contribution in [0.1, 0.15) is 0 Å². The smallest absolute Gasteiger partial charge is 0.316 e. The molecule has 1 aromatic carbocycles. The molecule has 4 heteroatoms. The summed E-state index contributed by atoms with van der Waals surface area (Å²) in [5.41, 5.74) is 3.55. The zero-order chi connectivity index (χ0) is 11.2. The van der Waals surface area contributed by atoms with Gasteiger partial charge in [-0.25, -0.2) is 0 Å². The van der Waals surface area contributed by atoms with Gasteiger partial charge in [0.25, 0.3) is 0 Å². The van der Waals surface area contributed by atoms with E-state index in [1.807, 2.05) is 30.3 Å². The van der Waals surface area contributed by atoms with E-state index in [2.05, 4.69) is 27.8 Å². The quantitative estimate of drug-likeness (QED) is 0.793. The van der Waals surface area contributed by atoms with Gasteiger partial charge in [0.15, 0.2) is 0 Å². The summed E-state index contributed by atoms with van der Waals surface area (Å²) in [6, 6.07) is 10.0. The lowest BCUT2D eigenvalue weighted by Gasteiger charge is -1.94. The third kappa shape index (κ3) is 2.38. The molecule has 1 aromatic heterocycles. The average molecular weight is 213 g/mol. The molecule has 2 aromatic rings. The molecule has 0 saturated heterocycles. The van der Waals surface area contributed by atoms with E-state index in [0.717, 1.165) is 5.56 Å². The van der Waals surface area contributed by atoms with Crippen LogP contribution in [0.15, 0.2) is 53.1 Å². The van der Waals surface area contributed by atoms with Crippen LogP contribution in [-0.4, -0.2) is 16.7 Å². The first kappa shape index (κ1) is 10.2. The SMILES string of the molecule is C=C=CCNc1nnc(-c2ccccc2)o1. The van der Waals surface area contributed by atoms with Crippen molar-refractivity contribution >= 4 is 6.01 Å². The predicted molar refractivity (Wildman–Crippen MR) is 61.9 cm³/mol. The molecule has 0 amide bonds. The minimum Gasteiger partial charge on any atom is -0.403 e. The average Bonchev–Trinajstić information content (AvgIpc) is 2.79. The Bertz CT molecular complexity index is 498. The lowest BCUT2D eigenvalue weighted by Crippen LogP contribution is -1.97. The lowest BCUT2D eigenvalue weighted by molar-refractivity contribution is 0.583.